The van der Waals surface area contributed by atoms with Crippen LogP contribution >= 0.6 is 0 Å². The van der Waals surface area contributed by atoms with Crippen molar-refractivity contribution in [3.63, 3.8) is 0 Å². The van der Waals surface area contributed by atoms with Gasteiger partial charge in [-0.3, -0.25) is 9.78 Å². The third kappa shape index (κ3) is 3.04. The van der Waals surface area contributed by atoms with E-state index in [0.29, 0.717) is 5.92 Å². The fourth-order valence-electron chi connectivity index (χ4n) is 2.89. The van der Waals surface area contributed by atoms with Gasteiger partial charge in [-0.15, -0.1) is 0 Å². The molecule has 0 aromatic carbocycles. The Labute approximate surface area is 113 Å². The lowest BCUT2D eigenvalue weighted by atomic mass is 9.95. The Balaban J connectivity index is 1.54. The van der Waals surface area contributed by atoms with Crippen LogP contribution in [-0.2, 0) is 13.5 Å². The van der Waals surface area contributed by atoms with Crippen molar-refractivity contribution in [1.29, 1.82) is 0 Å². The minimum atomic E-state index is 0.616. The van der Waals surface area contributed by atoms with Crippen molar-refractivity contribution in [3.8, 4) is 0 Å². The Morgan fingerprint density at radius 2 is 2.42 bits per heavy atom. The van der Waals surface area contributed by atoms with Crippen LogP contribution in [-0.4, -0.2) is 44.5 Å². The van der Waals surface area contributed by atoms with E-state index >= 15 is 0 Å². The number of H-pyrrole nitrogens is 1. The first-order valence-electron chi connectivity index (χ1n) is 7.00. The largest absolute Gasteiger partial charge is 0.302 e. The third-order valence-electron chi connectivity index (χ3n) is 3.94. The molecular formula is C14H21N5. The summed E-state index contributed by atoms with van der Waals surface area (Å²) in [5, 5.41) is 11.4. The molecule has 0 radical (unpaired) electrons. The zero-order valence-corrected chi connectivity index (χ0v) is 11.4. The number of piperidine rings is 1. The molecule has 1 aliphatic rings. The Morgan fingerprint density at radius 3 is 3.16 bits per heavy atom. The fraction of sp³-hybridized carbons (Fsp3) is 0.571. The van der Waals surface area contributed by atoms with Gasteiger partial charge < -0.3 is 4.90 Å². The van der Waals surface area contributed by atoms with Crippen molar-refractivity contribution in [2.75, 3.05) is 19.6 Å². The molecular weight excluding hydrogens is 238 g/mol. The molecule has 0 saturated carbocycles. The molecule has 3 heterocycles. The van der Waals surface area contributed by atoms with Crippen LogP contribution in [0.3, 0.4) is 0 Å². The standard InChI is InChI=1S/C14H21N5/c1-18-10-12(9-16-18)5-8-19-7-2-3-13(11-19)14-4-6-15-17-14/h4,6,9-10,13H,2-3,5,7-8,11H2,1H3,(H,15,17)/t13-/m0/s1. The van der Waals surface area contributed by atoms with Gasteiger partial charge in [-0.25, -0.2) is 0 Å². The van der Waals surface area contributed by atoms with Gasteiger partial charge in [-0.2, -0.15) is 10.2 Å². The van der Waals surface area contributed by atoms with Crippen LogP contribution in [0, 0.1) is 0 Å². The van der Waals surface area contributed by atoms with E-state index in [0.717, 1.165) is 19.5 Å². The molecule has 102 valence electrons. The van der Waals surface area contributed by atoms with E-state index in [1.165, 1.54) is 30.6 Å². The highest BCUT2D eigenvalue weighted by molar-refractivity contribution is 5.08. The summed E-state index contributed by atoms with van der Waals surface area (Å²) in [6, 6.07) is 2.11. The Bertz CT molecular complexity index is 502. The lowest BCUT2D eigenvalue weighted by Gasteiger charge is -2.32. The molecule has 0 bridgehead atoms. The van der Waals surface area contributed by atoms with E-state index in [1.807, 2.05) is 24.1 Å². The zero-order chi connectivity index (χ0) is 13.1. The first kappa shape index (κ1) is 12.4. The van der Waals surface area contributed by atoms with Crippen LogP contribution in [0.1, 0.15) is 30.0 Å². The molecule has 0 unspecified atom stereocenters. The summed E-state index contributed by atoms with van der Waals surface area (Å²) in [5.41, 5.74) is 2.61. The Kier molecular flexibility index (Phi) is 3.64. The minimum absolute atomic E-state index is 0.616. The normalized spacial score (nSPS) is 20.8. The minimum Gasteiger partial charge on any atom is -0.302 e. The highest BCUT2D eigenvalue weighted by Gasteiger charge is 2.21. The maximum absolute atomic E-state index is 4.22. The maximum Gasteiger partial charge on any atom is 0.0522 e. The van der Waals surface area contributed by atoms with Gasteiger partial charge in [0.2, 0.25) is 0 Å². The molecule has 5 heteroatoms. The van der Waals surface area contributed by atoms with Crippen molar-refractivity contribution >= 4 is 0 Å². The number of aromatic nitrogens is 4. The molecule has 3 rings (SSSR count). The van der Waals surface area contributed by atoms with Gasteiger partial charge >= 0.3 is 0 Å². The summed E-state index contributed by atoms with van der Waals surface area (Å²) in [5.74, 6) is 0.616. The predicted molar refractivity (Wildman–Crippen MR) is 73.9 cm³/mol. The maximum atomic E-state index is 4.22. The molecule has 19 heavy (non-hydrogen) atoms. The van der Waals surface area contributed by atoms with Crippen LogP contribution in [0.2, 0.25) is 0 Å². The average Bonchev–Trinajstić information content (AvgIpc) is 3.08. The van der Waals surface area contributed by atoms with E-state index in [4.69, 9.17) is 0 Å². The van der Waals surface area contributed by atoms with E-state index in [-0.39, 0.29) is 0 Å². The third-order valence-corrected chi connectivity index (χ3v) is 3.94. The highest BCUT2D eigenvalue weighted by Crippen LogP contribution is 2.25. The van der Waals surface area contributed by atoms with E-state index in [9.17, 15) is 0 Å². The molecule has 1 saturated heterocycles. The summed E-state index contributed by atoms with van der Waals surface area (Å²) in [4.78, 5) is 2.56. The van der Waals surface area contributed by atoms with Gasteiger partial charge in [0.1, 0.15) is 0 Å². The quantitative estimate of drug-likeness (QED) is 0.906. The second-order valence-electron chi connectivity index (χ2n) is 5.42. The predicted octanol–water partition coefficient (Wildman–Crippen LogP) is 1.57. The van der Waals surface area contributed by atoms with Crippen molar-refractivity contribution < 1.29 is 0 Å². The van der Waals surface area contributed by atoms with E-state index in [1.54, 1.807) is 0 Å². The molecule has 1 N–H and O–H groups in total. The van der Waals surface area contributed by atoms with E-state index in [2.05, 4.69) is 32.5 Å². The topological polar surface area (TPSA) is 49.7 Å². The summed E-state index contributed by atoms with van der Waals surface area (Å²) in [6.07, 6.45) is 9.56. The summed E-state index contributed by atoms with van der Waals surface area (Å²) in [7, 11) is 1.97. The first-order valence-corrected chi connectivity index (χ1v) is 7.00. The molecule has 5 nitrogen and oxygen atoms in total. The molecule has 1 aliphatic heterocycles. The van der Waals surface area contributed by atoms with E-state index < -0.39 is 0 Å². The Hall–Kier alpha value is -1.62. The van der Waals surface area contributed by atoms with Crippen LogP contribution in [0.25, 0.3) is 0 Å². The smallest absolute Gasteiger partial charge is 0.0522 e. The number of rotatable bonds is 4. The monoisotopic (exact) mass is 259 g/mol. The molecule has 1 atom stereocenters. The number of aryl methyl sites for hydroxylation is 1. The van der Waals surface area contributed by atoms with Crippen LogP contribution < -0.4 is 0 Å². The van der Waals surface area contributed by atoms with Crippen LogP contribution in [0.5, 0.6) is 0 Å². The van der Waals surface area contributed by atoms with Gasteiger partial charge in [-0.05, 0) is 37.4 Å². The number of hydrogen-bond donors (Lipinski definition) is 1. The second-order valence-corrected chi connectivity index (χ2v) is 5.42. The van der Waals surface area contributed by atoms with Crippen molar-refractivity contribution in [1.82, 2.24) is 24.9 Å². The highest BCUT2D eigenvalue weighted by atomic mass is 15.2. The van der Waals surface area contributed by atoms with Crippen LogP contribution in [0.15, 0.2) is 24.7 Å². The number of likely N-dealkylation sites (tertiary alicyclic amines) is 1. The second kappa shape index (κ2) is 5.57. The SMILES string of the molecule is Cn1cc(CCN2CCC[C@H](c3ccn[nH]3)C2)cn1. The lowest BCUT2D eigenvalue weighted by Crippen LogP contribution is -2.35. The van der Waals surface area contributed by atoms with Gasteiger partial charge in [0.25, 0.3) is 0 Å². The summed E-state index contributed by atoms with van der Waals surface area (Å²) in [6.45, 7) is 3.48. The molecule has 0 aliphatic carbocycles. The van der Waals surface area contributed by atoms with Gasteiger partial charge in [0.15, 0.2) is 0 Å². The Morgan fingerprint density at radius 1 is 1.47 bits per heavy atom. The summed E-state index contributed by atoms with van der Waals surface area (Å²) >= 11 is 0. The van der Waals surface area contributed by atoms with Crippen molar-refractivity contribution in [2.45, 2.75) is 25.2 Å². The zero-order valence-electron chi connectivity index (χ0n) is 11.4. The lowest BCUT2D eigenvalue weighted by molar-refractivity contribution is 0.208. The van der Waals surface area contributed by atoms with Crippen LogP contribution in [0.4, 0.5) is 0 Å². The molecule has 0 spiro atoms. The summed E-state index contributed by atoms with van der Waals surface area (Å²) < 4.78 is 1.87. The fourth-order valence-corrected chi connectivity index (χ4v) is 2.89. The molecule has 2 aromatic rings. The molecule has 2 aromatic heterocycles. The van der Waals surface area contributed by atoms with Crippen molar-refractivity contribution in [3.05, 3.63) is 35.9 Å². The number of hydrogen-bond acceptors (Lipinski definition) is 3. The number of aromatic amines is 1. The first-order chi connectivity index (χ1) is 9.31. The van der Waals surface area contributed by atoms with Crippen molar-refractivity contribution in [2.24, 2.45) is 7.05 Å². The average molecular weight is 259 g/mol. The van der Waals surface area contributed by atoms with Gasteiger partial charge in [0, 0.05) is 44.1 Å². The molecule has 1 fully saturated rings. The van der Waals surface area contributed by atoms with Gasteiger partial charge in [-0.1, -0.05) is 0 Å². The number of nitrogens with zero attached hydrogens (tertiary/aromatic N) is 4. The van der Waals surface area contributed by atoms with Gasteiger partial charge in [0.05, 0.1) is 6.20 Å². The molecule has 0 amide bonds. The number of nitrogens with one attached hydrogen (secondary N) is 1.